The number of amides is 3. The Bertz CT molecular complexity index is 1510. The molecule has 0 aliphatic carbocycles. The maximum absolute atomic E-state index is 14.3. The second kappa shape index (κ2) is 15.0. The van der Waals surface area contributed by atoms with Gasteiger partial charge in [-0.1, -0.05) is 59.6 Å². The van der Waals surface area contributed by atoms with Gasteiger partial charge in [0.05, 0.1) is 28.9 Å². The van der Waals surface area contributed by atoms with E-state index < -0.39 is 35.3 Å². The average Bonchev–Trinajstić information content (AvgIpc) is 2.95. The van der Waals surface area contributed by atoms with Crippen LogP contribution in [0.2, 0.25) is 10.0 Å². The zero-order chi connectivity index (χ0) is 32.7. The predicted octanol–water partition coefficient (Wildman–Crippen LogP) is 7.31. The summed E-state index contributed by atoms with van der Waals surface area (Å²) < 4.78 is 38.7. The van der Waals surface area contributed by atoms with Crippen molar-refractivity contribution in [2.75, 3.05) is 23.4 Å². The zero-order valence-corrected chi connectivity index (χ0v) is 26.7. The van der Waals surface area contributed by atoms with Crippen LogP contribution in [0.15, 0.2) is 60.7 Å². The Labute approximate surface area is 271 Å². The molecule has 1 fully saturated rings. The highest BCUT2D eigenvalue weighted by Crippen LogP contribution is 2.39. The third-order valence-electron chi connectivity index (χ3n) is 6.99. The summed E-state index contributed by atoms with van der Waals surface area (Å²) in [5, 5.41) is 5.46. The van der Waals surface area contributed by atoms with Crippen LogP contribution in [0.4, 0.5) is 25.0 Å². The molecule has 2 atom stereocenters. The second-order valence-electron chi connectivity index (χ2n) is 11.8. The Morgan fingerprint density at radius 3 is 2.38 bits per heavy atom. The van der Waals surface area contributed by atoms with E-state index in [0.29, 0.717) is 18.4 Å². The number of hydrogen-bond donors (Lipinski definition) is 2. The van der Waals surface area contributed by atoms with Crippen molar-refractivity contribution >= 4 is 52.5 Å². The zero-order valence-electron chi connectivity index (χ0n) is 25.2. The lowest BCUT2D eigenvalue weighted by Crippen LogP contribution is -2.48. The second-order valence-corrected chi connectivity index (χ2v) is 12.6. The van der Waals surface area contributed by atoms with Crippen molar-refractivity contribution in [3.63, 3.8) is 0 Å². The summed E-state index contributed by atoms with van der Waals surface area (Å²) in [7, 11) is 0. The molecule has 4 rings (SSSR count). The van der Waals surface area contributed by atoms with Crippen LogP contribution in [-0.2, 0) is 32.1 Å². The van der Waals surface area contributed by atoms with Gasteiger partial charge in [-0.3, -0.25) is 9.59 Å². The molecule has 0 saturated carbocycles. The summed E-state index contributed by atoms with van der Waals surface area (Å²) in [6.45, 7) is 5.39. The van der Waals surface area contributed by atoms with Crippen LogP contribution in [0.1, 0.15) is 44.7 Å². The van der Waals surface area contributed by atoms with Crippen LogP contribution >= 0.6 is 23.2 Å². The number of nitrogens with one attached hydrogen (secondary N) is 2. The van der Waals surface area contributed by atoms with E-state index in [-0.39, 0.29) is 59.4 Å². The van der Waals surface area contributed by atoms with E-state index in [2.05, 4.69) is 10.6 Å². The number of rotatable bonds is 10. The van der Waals surface area contributed by atoms with Crippen LogP contribution in [0, 0.1) is 17.6 Å². The van der Waals surface area contributed by atoms with E-state index >= 15 is 0 Å². The van der Waals surface area contributed by atoms with Gasteiger partial charge in [0.1, 0.15) is 23.3 Å². The van der Waals surface area contributed by atoms with Crippen molar-refractivity contribution in [1.29, 1.82) is 0 Å². The summed E-state index contributed by atoms with van der Waals surface area (Å²) >= 11 is 13.2. The highest BCUT2D eigenvalue weighted by atomic mass is 35.5. The Morgan fingerprint density at radius 2 is 1.73 bits per heavy atom. The van der Waals surface area contributed by atoms with Crippen molar-refractivity contribution < 1.29 is 32.6 Å². The highest BCUT2D eigenvalue weighted by Gasteiger charge is 2.31. The van der Waals surface area contributed by atoms with Crippen LogP contribution in [0.5, 0.6) is 0 Å². The molecule has 0 spiro atoms. The SMILES string of the molecule is CC(C)(C)OC(=O)N[C@@H](COCc1ccccc1)C(=O)Nc1cc(Cl)c(N2CC(Cc3ccc(F)cc3F)CCC2=O)c(Cl)c1. The molecule has 1 saturated heterocycles. The number of anilines is 2. The first-order valence-electron chi connectivity index (χ1n) is 14.4. The molecule has 3 aromatic rings. The van der Waals surface area contributed by atoms with Crippen molar-refractivity contribution in [1.82, 2.24) is 5.32 Å². The van der Waals surface area contributed by atoms with Crippen LogP contribution < -0.4 is 15.5 Å². The first-order chi connectivity index (χ1) is 21.3. The van der Waals surface area contributed by atoms with Gasteiger partial charge in [0.15, 0.2) is 0 Å². The van der Waals surface area contributed by atoms with Crippen molar-refractivity contribution in [2.45, 2.75) is 58.3 Å². The van der Waals surface area contributed by atoms with Crippen LogP contribution in [-0.4, -0.2) is 42.7 Å². The summed E-state index contributed by atoms with van der Waals surface area (Å²) in [5.41, 5.74) is 0.950. The normalized spacial score (nSPS) is 15.8. The summed E-state index contributed by atoms with van der Waals surface area (Å²) in [6, 6.07) is 14.6. The van der Waals surface area contributed by atoms with Gasteiger partial charge in [-0.05, 0) is 68.9 Å². The minimum atomic E-state index is -1.13. The molecule has 0 bridgehead atoms. The van der Waals surface area contributed by atoms with Crippen LogP contribution in [0.3, 0.4) is 0 Å². The van der Waals surface area contributed by atoms with Crippen molar-refractivity contribution in [3.05, 3.63) is 93.5 Å². The number of halogens is 4. The molecule has 1 heterocycles. The van der Waals surface area contributed by atoms with Gasteiger partial charge in [0.25, 0.3) is 0 Å². The van der Waals surface area contributed by atoms with Crippen molar-refractivity contribution in [2.24, 2.45) is 5.92 Å². The fourth-order valence-electron chi connectivity index (χ4n) is 4.92. The Balaban J connectivity index is 1.47. The molecule has 0 aromatic heterocycles. The largest absolute Gasteiger partial charge is 0.444 e. The first kappa shape index (κ1) is 34.1. The quantitative estimate of drug-likeness (QED) is 0.238. The molecule has 3 amide bonds. The van der Waals surface area contributed by atoms with E-state index in [1.165, 1.54) is 29.2 Å². The molecule has 1 aliphatic rings. The van der Waals surface area contributed by atoms with Gasteiger partial charge >= 0.3 is 6.09 Å². The Kier molecular flexibility index (Phi) is 11.4. The molecule has 0 radical (unpaired) electrons. The lowest BCUT2D eigenvalue weighted by atomic mass is 9.90. The molecule has 45 heavy (non-hydrogen) atoms. The average molecular weight is 663 g/mol. The van der Waals surface area contributed by atoms with Gasteiger partial charge < -0.3 is 25.0 Å². The van der Waals surface area contributed by atoms with E-state index in [0.717, 1.165) is 11.6 Å². The minimum absolute atomic E-state index is 0.108. The van der Waals surface area contributed by atoms with E-state index in [1.54, 1.807) is 20.8 Å². The maximum Gasteiger partial charge on any atom is 0.408 e. The standard InChI is InChI=1S/C33H35Cl2F2N3O5/c1-33(2,3)45-32(43)39-28(19-44-18-20-7-5-4-6-8-20)31(42)38-24-15-25(34)30(26(35)16-24)40-17-21(9-12-29(40)41)13-22-10-11-23(36)14-27(22)37/h4-8,10-11,14-16,21,28H,9,12-13,17-19H2,1-3H3,(H,38,42)(H,39,43)/t21?,28-/m0/s1. The van der Waals surface area contributed by atoms with Gasteiger partial charge in [0, 0.05) is 24.7 Å². The number of benzene rings is 3. The number of alkyl carbamates (subject to hydrolysis) is 1. The van der Waals surface area contributed by atoms with Crippen LogP contribution in [0.25, 0.3) is 0 Å². The highest BCUT2D eigenvalue weighted by molar-refractivity contribution is 6.40. The molecule has 1 aliphatic heterocycles. The third-order valence-corrected chi connectivity index (χ3v) is 7.57. The van der Waals surface area contributed by atoms with Gasteiger partial charge in [0.2, 0.25) is 11.8 Å². The molecular weight excluding hydrogens is 627 g/mol. The monoisotopic (exact) mass is 661 g/mol. The van der Waals surface area contributed by atoms with Gasteiger partial charge in [-0.25, -0.2) is 13.6 Å². The van der Waals surface area contributed by atoms with Crippen molar-refractivity contribution in [3.8, 4) is 0 Å². The molecular formula is C33H35Cl2F2N3O5. The lowest BCUT2D eigenvalue weighted by Gasteiger charge is -2.34. The number of carbonyl (C=O) groups is 3. The van der Waals surface area contributed by atoms with Gasteiger partial charge in [-0.2, -0.15) is 0 Å². The van der Waals surface area contributed by atoms with Gasteiger partial charge in [-0.15, -0.1) is 0 Å². The number of hydrogen-bond acceptors (Lipinski definition) is 5. The predicted molar refractivity (Wildman–Crippen MR) is 169 cm³/mol. The Morgan fingerprint density at radius 1 is 1.04 bits per heavy atom. The molecule has 12 heteroatoms. The molecule has 3 aromatic carbocycles. The molecule has 2 N–H and O–H groups in total. The minimum Gasteiger partial charge on any atom is -0.444 e. The van der Waals surface area contributed by atoms with E-state index in [4.69, 9.17) is 32.7 Å². The lowest BCUT2D eigenvalue weighted by molar-refractivity contribution is -0.120. The molecule has 240 valence electrons. The fraction of sp³-hybridized carbons (Fsp3) is 0.364. The number of piperidine rings is 1. The number of carbonyl (C=O) groups excluding carboxylic acids is 3. The summed E-state index contributed by atoms with van der Waals surface area (Å²) in [6.07, 6.45) is 0.224. The van der Waals surface area contributed by atoms with E-state index in [1.807, 2.05) is 30.3 Å². The number of ether oxygens (including phenoxy) is 2. The maximum atomic E-state index is 14.3. The first-order valence-corrected chi connectivity index (χ1v) is 15.2. The summed E-state index contributed by atoms with van der Waals surface area (Å²) in [5.74, 6) is -2.23. The fourth-order valence-corrected chi connectivity index (χ4v) is 5.61. The topological polar surface area (TPSA) is 97.0 Å². The number of nitrogens with zero attached hydrogens (tertiary/aromatic N) is 1. The summed E-state index contributed by atoms with van der Waals surface area (Å²) in [4.78, 5) is 40.2. The third kappa shape index (κ3) is 9.88. The smallest absolute Gasteiger partial charge is 0.408 e. The van der Waals surface area contributed by atoms with E-state index in [9.17, 15) is 23.2 Å². The Hall–Kier alpha value is -3.73. The molecule has 8 nitrogen and oxygen atoms in total. The molecule has 1 unspecified atom stereocenters.